The van der Waals surface area contributed by atoms with Crippen molar-refractivity contribution < 1.29 is 14.6 Å². The lowest BCUT2D eigenvalue weighted by Gasteiger charge is -2.15. The number of amides is 1. The van der Waals surface area contributed by atoms with Crippen LogP contribution in [0.5, 0.6) is 11.5 Å². The Labute approximate surface area is 95.5 Å². The van der Waals surface area contributed by atoms with Gasteiger partial charge in [-0.2, -0.15) is 0 Å². The molecule has 0 fully saturated rings. The molecule has 0 saturated carbocycles. The van der Waals surface area contributed by atoms with Crippen LogP contribution in [0.15, 0.2) is 18.2 Å². The minimum absolute atomic E-state index is 0.0457. The third-order valence-corrected chi connectivity index (χ3v) is 2.00. The Bertz CT molecular complexity index is 386. The molecule has 0 aliphatic rings. The van der Waals surface area contributed by atoms with Gasteiger partial charge in [-0.15, -0.1) is 0 Å². The van der Waals surface area contributed by atoms with Gasteiger partial charge in [0.25, 0.3) is 5.91 Å². The molecule has 1 aromatic carbocycles. The fourth-order valence-electron chi connectivity index (χ4n) is 1.28. The summed E-state index contributed by atoms with van der Waals surface area (Å²) in [5.41, 5.74) is 0.253. The number of hydrogen-bond acceptors (Lipinski definition) is 3. The van der Waals surface area contributed by atoms with Gasteiger partial charge < -0.3 is 14.7 Å². The Morgan fingerprint density at radius 2 is 2.00 bits per heavy atom. The highest BCUT2D eigenvalue weighted by molar-refractivity contribution is 5.97. The summed E-state index contributed by atoms with van der Waals surface area (Å²) < 4.78 is 5.39. The van der Waals surface area contributed by atoms with Crippen LogP contribution in [0.25, 0.3) is 0 Å². The maximum Gasteiger partial charge on any atom is 0.257 e. The summed E-state index contributed by atoms with van der Waals surface area (Å²) in [5.74, 6) is -0.00990. The zero-order valence-electron chi connectivity index (χ0n) is 10.0. The summed E-state index contributed by atoms with van der Waals surface area (Å²) in [4.78, 5) is 13.1. The third-order valence-electron chi connectivity index (χ3n) is 2.00. The van der Waals surface area contributed by atoms with Crippen molar-refractivity contribution in [1.29, 1.82) is 0 Å². The lowest BCUT2D eigenvalue weighted by Crippen LogP contribution is -2.21. The number of carbonyl (C=O) groups excluding carboxylic acids is 1. The average molecular weight is 223 g/mol. The van der Waals surface area contributed by atoms with Crippen LogP contribution in [0.4, 0.5) is 0 Å². The number of aromatic hydroxyl groups is 1. The van der Waals surface area contributed by atoms with Crippen molar-refractivity contribution in [2.75, 3.05) is 14.1 Å². The molecule has 0 saturated heterocycles. The number of phenolic OH excluding ortho intramolecular Hbond substituents is 1. The van der Waals surface area contributed by atoms with E-state index in [2.05, 4.69) is 0 Å². The minimum atomic E-state index is -0.244. The molecule has 1 aromatic rings. The second kappa shape index (κ2) is 4.88. The van der Waals surface area contributed by atoms with Crippen LogP contribution < -0.4 is 4.74 Å². The van der Waals surface area contributed by atoms with Crippen molar-refractivity contribution in [3.63, 3.8) is 0 Å². The topological polar surface area (TPSA) is 49.8 Å². The molecule has 0 aliphatic heterocycles. The van der Waals surface area contributed by atoms with Gasteiger partial charge in [0.1, 0.15) is 0 Å². The zero-order chi connectivity index (χ0) is 12.3. The Morgan fingerprint density at radius 3 is 2.50 bits per heavy atom. The lowest BCUT2D eigenvalue weighted by molar-refractivity contribution is 0.0823. The molecule has 0 radical (unpaired) electrons. The lowest BCUT2D eigenvalue weighted by atomic mass is 10.1. The molecule has 0 aliphatic carbocycles. The third kappa shape index (κ3) is 2.66. The summed E-state index contributed by atoms with van der Waals surface area (Å²) in [6, 6.07) is 4.90. The number of para-hydroxylation sites is 1. The average Bonchev–Trinajstić information content (AvgIpc) is 2.19. The summed E-state index contributed by atoms with van der Waals surface area (Å²) in [7, 11) is 3.27. The van der Waals surface area contributed by atoms with E-state index in [4.69, 9.17) is 4.74 Å². The van der Waals surface area contributed by atoms with E-state index in [-0.39, 0.29) is 23.3 Å². The van der Waals surface area contributed by atoms with E-state index in [1.165, 1.54) is 4.90 Å². The molecule has 1 amide bonds. The van der Waals surface area contributed by atoms with E-state index in [0.29, 0.717) is 5.75 Å². The second-order valence-electron chi connectivity index (χ2n) is 4.02. The first kappa shape index (κ1) is 12.4. The number of rotatable bonds is 3. The smallest absolute Gasteiger partial charge is 0.257 e. The maximum atomic E-state index is 11.7. The van der Waals surface area contributed by atoms with Crippen molar-refractivity contribution in [3.8, 4) is 11.5 Å². The molecular weight excluding hydrogens is 206 g/mol. The van der Waals surface area contributed by atoms with Crippen LogP contribution in [0.2, 0.25) is 0 Å². The Balaban J connectivity index is 3.08. The standard InChI is InChI=1S/C12H17NO3/c1-8(2)16-10-7-5-6-9(11(10)14)12(15)13(3)4/h5-8,14H,1-4H3. The van der Waals surface area contributed by atoms with E-state index in [9.17, 15) is 9.90 Å². The Morgan fingerprint density at radius 1 is 1.38 bits per heavy atom. The van der Waals surface area contributed by atoms with E-state index >= 15 is 0 Å². The van der Waals surface area contributed by atoms with E-state index in [1.807, 2.05) is 13.8 Å². The van der Waals surface area contributed by atoms with Gasteiger partial charge in [0.05, 0.1) is 11.7 Å². The van der Waals surface area contributed by atoms with E-state index in [0.717, 1.165) is 0 Å². The van der Waals surface area contributed by atoms with Gasteiger partial charge in [-0.25, -0.2) is 0 Å². The zero-order valence-corrected chi connectivity index (χ0v) is 10.0. The maximum absolute atomic E-state index is 11.7. The van der Waals surface area contributed by atoms with Crippen molar-refractivity contribution in [2.45, 2.75) is 20.0 Å². The quantitative estimate of drug-likeness (QED) is 0.851. The number of phenols is 1. The number of benzene rings is 1. The first-order chi connectivity index (χ1) is 7.43. The van der Waals surface area contributed by atoms with Gasteiger partial charge in [0.15, 0.2) is 11.5 Å². The SMILES string of the molecule is CC(C)Oc1cccc(C(=O)N(C)C)c1O. The van der Waals surface area contributed by atoms with Gasteiger partial charge in [-0.3, -0.25) is 4.79 Å². The molecule has 0 spiro atoms. The van der Waals surface area contributed by atoms with Crippen LogP contribution >= 0.6 is 0 Å². The molecule has 0 aromatic heterocycles. The highest BCUT2D eigenvalue weighted by atomic mass is 16.5. The van der Waals surface area contributed by atoms with Crippen molar-refractivity contribution >= 4 is 5.91 Å². The molecule has 16 heavy (non-hydrogen) atoms. The molecule has 0 heterocycles. The molecular formula is C12H17NO3. The monoisotopic (exact) mass is 223 g/mol. The number of nitrogens with zero attached hydrogens (tertiary/aromatic N) is 1. The Hall–Kier alpha value is -1.71. The van der Waals surface area contributed by atoms with E-state index in [1.54, 1.807) is 32.3 Å². The highest BCUT2D eigenvalue weighted by Gasteiger charge is 2.16. The van der Waals surface area contributed by atoms with Crippen molar-refractivity contribution in [2.24, 2.45) is 0 Å². The van der Waals surface area contributed by atoms with Crippen LogP contribution in [-0.2, 0) is 0 Å². The first-order valence-electron chi connectivity index (χ1n) is 5.13. The van der Waals surface area contributed by atoms with Gasteiger partial charge in [-0.05, 0) is 26.0 Å². The first-order valence-corrected chi connectivity index (χ1v) is 5.13. The largest absolute Gasteiger partial charge is 0.504 e. The fraction of sp³-hybridized carbons (Fsp3) is 0.417. The number of hydrogen-bond donors (Lipinski definition) is 1. The molecule has 0 atom stereocenters. The van der Waals surface area contributed by atoms with Crippen LogP contribution in [0, 0.1) is 0 Å². The van der Waals surface area contributed by atoms with E-state index < -0.39 is 0 Å². The van der Waals surface area contributed by atoms with Gasteiger partial charge >= 0.3 is 0 Å². The highest BCUT2D eigenvalue weighted by Crippen LogP contribution is 2.30. The normalized spacial score (nSPS) is 10.3. The molecule has 4 nitrogen and oxygen atoms in total. The molecule has 4 heteroatoms. The summed E-state index contributed by atoms with van der Waals surface area (Å²) in [6.07, 6.45) is -0.0457. The summed E-state index contributed by atoms with van der Waals surface area (Å²) in [6.45, 7) is 3.72. The van der Waals surface area contributed by atoms with Crippen molar-refractivity contribution in [3.05, 3.63) is 23.8 Å². The molecule has 88 valence electrons. The molecule has 1 rings (SSSR count). The summed E-state index contributed by atoms with van der Waals surface area (Å²) in [5, 5.41) is 9.88. The number of ether oxygens (including phenoxy) is 1. The molecule has 0 bridgehead atoms. The van der Waals surface area contributed by atoms with Gasteiger partial charge in [0.2, 0.25) is 0 Å². The van der Waals surface area contributed by atoms with Crippen LogP contribution in [0.1, 0.15) is 24.2 Å². The second-order valence-corrected chi connectivity index (χ2v) is 4.02. The molecule has 0 unspecified atom stereocenters. The predicted octanol–water partition coefficient (Wildman–Crippen LogP) is 1.88. The van der Waals surface area contributed by atoms with Gasteiger partial charge in [0, 0.05) is 14.1 Å². The fourth-order valence-corrected chi connectivity index (χ4v) is 1.28. The van der Waals surface area contributed by atoms with Crippen molar-refractivity contribution in [1.82, 2.24) is 4.90 Å². The van der Waals surface area contributed by atoms with Crippen LogP contribution in [-0.4, -0.2) is 36.1 Å². The molecule has 1 N–H and O–H groups in total. The van der Waals surface area contributed by atoms with Crippen LogP contribution in [0.3, 0.4) is 0 Å². The predicted molar refractivity (Wildman–Crippen MR) is 61.9 cm³/mol. The minimum Gasteiger partial charge on any atom is -0.504 e. The summed E-state index contributed by atoms with van der Waals surface area (Å²) >= 11 is 0. The van der Waals surface area contributed by atoms with Gasteiger partial charge in [-0.1, -0.05) is 6.07 Å². The number of carbonyl (C=O) groups is 1. The Kier molecular flexibility index (Phi) is 3.77.